The van der Waals surface area contributed by atoms with Gasteiger partial charge in [0.1, 0.15) is 0 Å². The Labute approximate surface area is 186 Å². The number of para-hydroxylation sites is 1. The zero-order valence-corrected chi connectivity index (χ0v) is 18.3. The van der Waals surface area contributed by atoms with E-state index in [1.54, 1.807) is 62.4 Å². The molecule has 0 atom stereocenters. The average molecular weight is 435 g/mol. The predicted octanol–water partition coefficient (Wildman–Crippen LogP) is 3.10. The molecule has 4 N–H and O–H groups in total. The number of hydrogen-bond donors (Lipinski definition) is 3. The van der Waals surface area contributed by atoms with Crippen molar-refractivity contribution in [2.45, 2.75) is 19.8 Å². The molecule has 2 aromatic rings. The number of rotatable bonds is 5. The summed E-state index contributed by atoms with van der Waals surface area (Å²) < 4.78 is 10.00. The molecule has 2 aromatic carbocycles. The van der Waals surface area contributed by atoms with Crippen molar-refractivity contribution in [1.29, 1.82) is 0 Å². The number of anilines is 2. The van der Waals surface area contributed by atoms with Gasteiger partial charge in [0, 0.05) is 28.3 Å². The van der Waals surface area contributed by atoms with Gasteiger partial charge in [-0.15, -0.1) is 0 Å². The number of ether oxygens (including phenoxy) is 2. The van der Waals surface area contributed by atoms with Crippen molar-refractivity contribution in [2.24, 2.45) is 0 Å². The molecular weight excluding hydrogens is 410 g/mol. The maximum Gasteiger partial charge on any atom is 0.336 e. The Hall–Kier alpha value is -4.07. The third-order valence-corrected chi connectivity index (χ3v) is 5.26. The highest BCUT2D eigenvalue weighted by Gasteiger charge is 2.38. The van der Waals surface area contributed by atoms with Crippen LogP contribution >= 0.6 is 0 Å². The minimum absolute atomic E-state index is 0.257. The molecule has 3 rings (SSSR count). The second-order valence-electron chi connectivity index (χ2n) is 7.28. The van der Waals surface area contributed by atoms with E-state index in [0.29, 0.717) is 33.9 Å². The lowest BCUT2D eigenvalue weighted by Gasteiger charge is -2.31. The molecule has 0 aromatic heterocycles. The molecule has 166 valence electrons. The van der Waals surface area contributed by atoms with Gasteiger partial charge in [-0.25, -0.2) is 9.59 Å². The van der Waals surface area contributed by atoms with Gasteiger partial charge in [-0.3, -0.25) is 4.79 Å². The van der Waals surface area contributed by atoms with Gasteiger partial charge < -0.3 is 25.8 Å². The molecular formula is C24H25N3O5. The number of methoxy groups -OCH3 is 2. The molecule has 0 aliphatic carbocycles. The van der Waals surface area contributed by atoms with Crippen LogP contribution in [0.2, 0.25) is 0 Å². The van der Waals surface area contributed by atoms with Crippen molar-refractivity contribution < 1.29 is 23.9 Å². The number of dihydropyridines is 1. The fourth-order valence-electron chi connectivity index (χ4n) is 3.76. The lowest BCUT2D eigenvalue weighted by molar-refractivity contribution is -0.137. The van der Waals surface area contributed by atoms with Gasteiger partial charge in [0.05, 0.1) is 31.3 Å². The van der Waals surface area contributed by atoms with Crippen LogP contribution in [-0.2, 0) is 19.1 Å². The first-order valence-corrected chi connectivity index (χ1v) is 9.89. The van der Waals surface area contributed by atoms with Crippen LogP contribution in [0.1, 0.15) is 35.7 Å². The number of allylic oxidation sites excluding steroid dienone is 2. The van der Waals surface area contributed by atoms with E-state index in [2.05, 4.69) is 10.6 Å². The van der Waals surface area contributed by atoms with Gasteiger partial charge in [0.2, 0.25) is 0 Å². The molecule has 0 spiro atoms. The third kappa shape index (κ3) is 4.34. The Morgan fingerprint density at radius 2 is 1.41 bits per heavy atom. The summed E-state index contributed by atoms with van der Waals surface area (Å²) in [5.41, 5.74) is 9.28. The predicted molar refractivity (Wildman–Crippen MR) is 121 cm³/mol. The van der Waals surface area contributed by atoms with Gasteiger partial charge in [-0.2, -0.15) is 0 Å². The summed E-state index contributed by atoms with van der Waals surface area (Å²) in [6, 6.07) is 13.5. The first kappa shape index (κ1) is 22.6. The monoisotopic (exact) mass is 435 g/mol. The summed E-state index contributed by atoms with van der Waals surface area (Å²) >= 11 is 0. The van der Waals surface area contributed by atoms with Crippen molar-refractivity contribution in [2.75, 3.05) is 25.3 Å². The molecule has 1 aliphatic heterocycles. The second-order valence-corrected chi connectivity index (χ2v) is 7.28. The summed E-state index contributed by atoms with van der Waals surface area (Å²) in [7, 11) is 2.55. The van der Waals surface area contributed by atoms with Crippen LogP contribution in [-0.4, -0.2) is 32.1 Å². The van der Waals surface area contributed by atoms with Gasteiger partial charge in [-0.05, 0) is 49.7 Å². The van der Waals surface area contributed by atoms with Crippen molar-refractivity contribution in [1.82, 2.24) is 5.32 Å². The molecule has 0 unspecified atom stereocenters. The fourth-order valence-corrected chi connectivity index (χ4v) is 3.76. The van der Waals surface area contributed by atoms with Gasteiger partial charge >= 0.3 is 11.9 Å². The topological polar surface area (TPSA) is 120 Å². The van der Waals surface area contributed by atoms with E-state index in [1.807, 2.05) is 0 Å². The van der Waals surface area contributed by atoms with Crippen molar-refractivity contribution in [3.05, 3.63) is 82.2 Å². The van der Waals surface area contributed by atoms with Crippen LogP contribution in [0.15, 0.2) is 71.1 Å². The lowest BCUT2D eigenvalue weighted by atomic mass is 9.79. The smallest absolute Gasteiger partial charge is 0.336 e. The minimum Gasteiger partial charge on any atom is -0.466 e. The van der Waals surface area contributed by atoms with Gasteiger partial charge in [-0.1, -0.05) is 18.2 Å². The summed E-state index contributed by atoms with van der Waals surface area (Å²) in [5, 5.41) is 5.94. The maximum atomic E-state index is 12.9. The SMILES string of the molecule is COC(=O)C1=C(C)NC(C)=C(C(=O)OC)C1c1ccccc1NC(=O)c1ccc(N)cc1. The summed E-state index contributed by atoms with van der Waals surface area (Å²) in [4.78, 5) is 38.3. The number of amides is 1. The van der Waals surface area contributed by atoms with E-state index in [4.69, 9.17) is 15.2 Å². The number of esters is 2. The fraction of sp³-hybridized carbons (Fsp3) is 0.208. The molecule has 0 bridgehead atoms. The Balaban J connectivity index is 2.13. The van der Waals surface area contributed by atoms with Crippen LogP contribution in [0, 0.1) is 0 Å². The number of nitrogens with one attached hydrogen (secondary N) is 2. The Bertz CT molecular complexity index is 1090. The van der Waals surface area contributed by atoms with E-state index in [9.17, 15) is 14.4 Å². The highest BCUT2D eigenvalue weighted by atomic mass is 16.5. The van der Waals surface area contributed by atoms with Crippen LogP contribution in [0.25, 0.3) is 0 Å². The average Bonchev–Trinajstić information content (AvgIpc) is 2.78. The van der Waals surface area contributed by atoms with Crippen LogP contribution in [0.3, 0.4) is 0 Å². The molecule has 0 fully saturated rings. The molecule has 0 saturated carbocycles. The van der Waals surface area contributed by atoms with Crippen molar-refractivity contribution in [3.8, 4) is 0 Å². The van der Waals surface area contributed by atoms with Crippen LogP contribution in [0.4, 0.5) is 11.4 Å². The maximum absolute atomic E-state index is 12.9. The Kier molecular flexibility index (Phi) is 6.63. The highest BCUT2D eigenvalue weighted by Crippen LogP contribution is 2.42. The minimum atomic E-state index is -0.806. The van der Waals surface area contributed by atoms with E-state index in [1.165, 1.54) is 14.2 Å². The zero-order valence-electron chi connectivity index (χ0n) is 18.3. The molecule has 8 heteroatoms. The zero-order chi connectivity index (χ0) is 23.4. The summed E-state index contributed by atoms with van der Waals surface area (Å²) in [5.74, 6) is -2.34. The number of nitrogens with two attached hydrogens (primary N) is 1. The van der Waals surface area contributed by atoms with Gasteiger partial charge in [0.15, 0.2) is 0 Å². The Morgan fingerprint density at radius 1 is 0.875 bits per heavy atom. The van der Waals surface area contributed by atoms with E-state index >= 15 is 0 Å². The molecule has 8 nitrogen and oxygen atoms in total. The quantitative estimate of drug-likeness (QED) is 0.488. The van der Waals surface area contributed by atoms with E-state index in [-0.39, 0.29) is 17.1 Å². The lowest BCUT2D eigenvalue weighted by Crippen LogP contribution is -2.32. The van der Waals surface area contributed by atoms with Crippen LogP contribution in [0.5, 0.6) is 0 Å². The number of nitrogen functional groups attached to an aromatic ring is 1. The van der Waals surface area contributed by atoms with E-state index < -0.39 is 17.9 Å². The standard InChI is InChI=1S/C24H25N3O5/c1-13-19(23(29)31-3)21(20(14(2)26-13)24(30)32-4)17-7-5-6-8-18(17)27-22(28)15-9-11-16(25)12-10-15/h5-12,21,26H,25H2,1-4H3,(H,27,28). The van der Waals surface area contributed by atoms with Gasteiger partial charge in [0.25, 0.3) is 5.91 Å². The molecule has 1 amide bonds. The number of hydrogen-bond acceptors (Lipinski definition) is 7. The molecule has 1 heterocycles. The molecule has 1 aliphatic rings. The highest BCUT2D eigenvalue weighted by molar-refractivity contribution is 6.06. The third-order valence-electron chi connectivity index (χ3n) is 5.26. The Morgan fingerprint density at radius 3 is 1.94 bits per heavy atom. The molecule has 32 heavy (non-hydrogen) atoms. The first-order chi connectivity index (χ1) is 15.3. The van der Waals surface area contributed by atoms with E-state index in [0.717, 1.165) is 0 Å². The normalized spacial score (nSPS) is 14.0. The second kappa shape index (κ2) is 9.38. The largest absolute Gasteiger partial charge is 0.466 e. The molecule has 0 saturated heterocycles. The summed E-state index contributed by atoms with van der Waals surface area (Å²) in [6.45, 7) is 3.46. The van der Waals surface area contributed by atoms with Crippen molar-refractivity contribution >= 4 is 29.2 Å². The number of carbonyl (C=O) groups excluding carboxylic acids is 3. The number of carbonyl (C=O) groups is 3. The number of benzene rings is 2. The molecule has 0 radical (unpaired) electrons. The summed E-state index contributed by atoms with van der Waals surface area (Å²) in [6.07, 6.45) is 0. The van der Waals surface area contributed by atoms with Crippen LogP contribution < -0.4 is 16.4 Å². The van der Waals surface area contributed by atoms with Crippen molar-refractivity contribution in [3.63, 3.8) is 0 Å². The first-order valence-electron chi connectivity index (χ1n) is 9.89.